The Hall–Kier alpha value is -1.18. The summed E-state index contributed by atoms with van der Waals surface area (Å²) in [5, 5.41) is 14.6. The number of nitrogens with zero attached hydrogens (tertiary/aromatic N) is 1. The number of carboxylic acids is 1. The summed E-state index contributed by atoms with van der Waals surface area (Å²) in [6.45, 7) is 5.20. The number of carboxylic acid groups (broad SMARTS) is 1. The first-order chi connectivity index (χ1) is 9.09. The van der Waals surface area contributed by atoms with E-state index in [1.165, 1.54) is 0 Å². The number of nitrogens with one attached hydrogen (secondary N) is 2. The molecule has 1 aliphatic heterocycles. The molecule has 7 heteroatoms. The molecule has 1 amide bonds. The number of rotatable bonds is 8. The van der Waals surface area contributed by atoms with Gasteiger partial charge in [0.15, 0.2) is 0 Å². The van der Waals surface area contributed by atoms with Crippen molar-refractivity contribution < 1.29 is 14.7 Å². The van der Waals surface area contributed by atoms with Crippen LogP contribution in [0.2, 0.25) is 0 Å². The van der Waals surface area contributed by atoms with Gasteiger partial charge >= 0.3 is 5.97 Å². The van der Waals surface area contributed by atoms with Crippen LogP contribution < -0.4 is 16.4 Å². The van der Waals surface area contributed by atoms with Crippen LogP contribution in [0.5, 0.6) is 0 Å². The molecule has 7 nitrogen and oxygen atoms in total. The van der Waals surface area contributed by atoms with E-state index in [4.69, 9.17) is 10.8 Å². The lowest BCUT2D eigenvalue weighted by Crippen LogP contribution is -2.44. The SMILES string of the molecule is NC(CCCNC(=O)CCN1CCNCC1)C(=O)O. The predicted octanol–water partition coefficient (Wildman–Crippen LogP) is -1.41. The molecule has 19 heavy (non-hydrogen) atoms. The van der Waals surface area contributed by atoms with E-state index < -0.39 is 12.0 Å². The molecular weight excluding hydrogens is 248 g/mol. The second-order valence-electron chi connectivity index (χ2n) is 4.78. The Morgan fingerprint density at radius 3 is 2.68 bits per heavy atom. The second-order valence-corrected chi connectivity index (χ2v) is 4.78. The molecule has 1 rings (SSSR count). The predicted molar refractivity (Wildman–Crippen MR) is 71.8 cm³/mol. The number of amides is 1. The Kier molecular flexibility index (Phi) is 7.39. The van der Waals surface area contributed by atoms with Gasteiger partial charge in [-0.1, -0.05) is 0 Å². The molecule has 1 aliphatic rings. The van der Waals surface area contributed by atoms with E-state index in [0.29, 0.717) is 25.8 Å². The maximum Gasteiger partial charge on any atom is 0.320 e. The molecule has 1 heterocycles. The molecule has 0 radical (unpaired) electrons. The molecule has 0 aromatic carbocycles. The average Bonchev–Trinajstić information content (AvgIpc) is 2.42. The van der Waals surface area contributed by atoms with E-state index in [1.54, 1.807) is 0 Å². The summed E-state index contributed by atoms with van der Waals surface area (Å²) >= 11 is 0. The highest BCUT2D eigenvalue weighted by Crippen LogP contribution is 1.96. The van der Waals surface area contributed by atoms with Crippen LogP contribution in [-0.2, 0) is 9.59 Å². The first-order valence-corrected chi connectivity index (χ1v) is 6.78. The molecule has 0 aliphatic carbocycles. The Labute approximate surface area is 113 Å². The molecule has 0 aromatic heterocycles. The van der Waals surface area contributed by atoms with E-state index >= 15 is 0 Å². The van der Waals surface area contributed by atoms with Crippen LogP contribution in [0.1, 0.15) is 19.3 Å². The third-order valence-electron chi connectivity index (χ3n) is 3.20. The molecule has 1 unspecified atom stereocenters. The fraction of sp³-hybridized carbons (Fsp3) is 0.833. The molecule has 0 saturated carbocycles. The maximum absolute atomic E-state index is 11.6. The summed E-state index contributed by atoms with van der Waals surface area (Å²) in [5.74, 6) is -0.979. The van der Waals surface area contributed by atoms with Crippen molar-refractivity contribution in [2.24, 2.45) is 5.73 Å². The van der Waals surface area contributed by atoms with Gasteiger partial charge in [-0.25, -0.2) is 0 Å². The molecule has 0 aromatic rings. The first-order valence-electron chi connectivity index (χ1n) is 6.78. The number of hydrogen-bond donors (Lipinski definition) is 4. The average molecular weight is 272 g/mol. The minimum atomic E-state index is -0.995. The van der Waals surface area contributed by atoms with Crippen molar-refractivity contribution >= 4 is 11.9 Å². The number of piperazine rings is 1. The molecule has 0 spiro atoms. The third-order valence-corrected chi connectivity index (χ3v) is 3.20. The second kappa shape index (κ2) is 8.84. The van der Waals surface area contributed by atoms with E-state index in [1.807, 2.05) is 0 Å². The van der Waals surface area contributed by atoms with Gasteiger partial charge in [-0.3, -0.25) is 9.59 Å². The lowest BCUT2D eigenvalue weighted by Gasteiger charge is -2.26. The number of carbonyl (C=O) groups excluding carboxylic acids is 1. The monoisotopic (exact) mass is 272 g/mol. The van der Waals surface area contributed by atoms with Crippen molar-refractivity contribution in [2.45, 2.75) is 25.3 Å². The van der Waals surface area contributed by atoms with Crippen LogP contribution >= 0.6 is 0 Å². The number of nitrogens with two attached hydrogens (primary N) is 1. The quantitative estimate of drug-likeness (QED) is 0.404. The van der Waals surface area contributed by atoms with Crippen LogP contribution in [0.15, 0.2) is 0 Å². The molecule has 1 saturated heterocycles. The zero-order valence-corrected chi connectivity index (χ0v) is 11.2. The lowest BCUT2D eigenvalue weighted by molar-refractivity contribution is -0.138. The van der Waals surface area contributed by atoms with Crippen molar-refractivity contribution in [3.05, 3.63) is 0 Å². The van der Waals surface area contributed by atoms with Crippen LogP contribution in [0, 0.1) is 0 Å². The van der Waals surface area contributed by atoms with Gasteiger partial charge in [0.2, 0.25) is 5.91 Å². The van der Waals surface area contributed by atoms with Crippen molar-refractivity contribution in [1.82, 2.24) is 15.5 Å². The van der Waals surface area contributed by atoms with E-state index in [0.717, 1.165) is 32.7 Å². The van der Waals surface area contributed by atoms with Crippen LogP contribution in [-0.4, -0.2) is 67.2 Å². The molecule has 110 valence electrons. The Morgan fingerprint density at radius 2 is 2.05 bits per heavy atom. The summed E-state index contributed by atoms with van der Waals surface area (Å²) in [5.41, 5.74) is 5.36. The van der Waals surface area contributed by atoms with Crippen molar-refractivity contribution in [3.63, 3.8) is 0 Å². The van der Waals surface area contributed by atoms with Crippen LogP contribution in [0.3, 0.4) is 0 Å². The molecular formula is C12H24N4O3. The molecule has 1 fully saturated rings. The van der Waals surface area contributed by atoms with E-state index in [9.17, 15) is 9.59 Å². The number of carbonyl (C=O) groups is 2. The van der Waals surface area contributed by atoms with Gasteiger partial charge in [0.25, 0.3) is 0 Å². The van der Waals surface area contributed by atoms with Crippen LogP contribution in [0.4, 0.5) is 0 Å². The first kappa shape index (κ1) is 15.9. The van der Waals surface area contributed by atoms with Gasteiger partial charge in [-0.2, -0.15) is 0 Å². The molecule has 5 N–H and O–H groups in total. The summed E-state index contributed by atoms with van der Waals surface area (Å²) in [6.07, 6.45) is 1.46. The maximum atomic E-state index is 11.6. The fourth-order valence-electron chi connectivity index (χ4n) is 1.96. The summed E-state index contributed by atoms with van der Waals surface area (Å²) in [7, 11) is 0. The zero-order valence-electron chi connectivity index (χ0n) is 11.2. The highest BCUT2D eigenvalue weighted by Gasteiger charge is 2.12. The lowest BCUT2D eigenvalue weighted by atomic mass is 10.2. The number of aliphatic carboxylic acids is 1. The normalized spacial score (nSPS) is 17.9. The van der Waals surface area contributed by atoms with Gasteiger partial charge in [0, 0.05) is 45.7 Å². The summed E-state index contributed by atoms with van der Waals surface area (Å²) in [6, 6.07) is -0.835. The topological polar surface area (TPSA) is 108 Å². The Morgan fingerprint density at radius 1 is 1.37 bits per heavy atom. The van der Waals surface area contributed by atoms with Gasteiger partial charge < -0.3 is 26.4 Å². The largest absolute Gasteiger partial charge is 0.480 e. The highest BCUT2D eigenvalue weighted by atomic mass is 16.4. The standard InChI is InChI=1S/C12H24N4O3/c13-10(12(18)19)2-1-4-15-11(17)3-7-16-8-5-14-6-9-16/h10,14H,1-9,13H2,(H,15,17)(H,18,19). The van der Waals surface area contributed by atoms with Gasteiger partial charge in [-0.15, -0.1) is 0 Å². The van der Waals surface area contributed by atoms with E-state index in [-0.39, 0.29) is 5.91 Å². The van der Waals surface area contributed by atoms with Gasteiger partial charge in [0.05, 0.1) is 0 Å². The Balaban J connectivity index is 2.00. The van der Waals surface area contributed by atoms with Gasteiger partial charge in [0.1, 0.15) is 6.04 Å². The Bertz CT molecular complexity index is 293. The molecule has 1 atom stereocenters. The highest BCUT2D eigenvalue weighted by molar-refractivity contribution is 5.76. The van der Waals surface area contributed by atoms with Crippen LogP contribution in [0.25, 0.3) is 0 Å². The van der Waals surface area contributed by atoms with Crippen molar-refractivity contribution in [1.29, 1.82) is 0 Å². The van der Waals surface area contributed by atoms with Crippen molar-refractivity contribution in [3.8, 4) is 0 Å². The van der Waals surface area contributed by atoms with Crippen molar-refractivity contribution in [2.75, 3.05) is 39.3 Å². The fourth-order valence-corrected chi connectivity index (χ4v) is 1.96. The minimum Gasteiger partial charge on any atom is -0.480 e. The number of hydrogen-bond acceptors (Lipinski definition) is 5. The smallest absolute Gasteiger partial charge is 0.320 e. The minimum absolute atomic E-state index is 0.0161. The summed E-state index contributed by atoms with van der Waals surface area (Å²) in [4.78, 5) is 24.3. The molecule has 0 bridgehead atoms. The van der Waals surface area contributed by atoms with Gasteiger partial charge in [-0.05, 0) is 12.8 Å². The zero-order chi connectivity index (χ0) is 14.1. The van der Waals surface area contributed by atoms with E-state index in [2.05, 4.69) is 15.5 Å². The summed E-state index contributed by atoms with van der Waals surface area (Å²) < 4.78 is 0. The third kappa shape index (κ3) is 7.09.